The number of carbonyl (C=O) groups excluding carboxylic acids is 1. The quantitative estimate of drug-likeness (QED) is 0.549. The molecule has 1 aromatic rings. The van der Waals surface area contributed by atoms with Crippen LogP contribution in [0.4, 0.5) is 5.69 Å². The van der Waals surface area contributed by atoms with Crippen LogP contribution in [0.15, 0.2) is 35.7 Å². The number of nitrogens with one attached hydrogen (secondary N) is 2. The number of rotatable bonds is 8. The van der Waals surface area contributed by atoms with Gasteiger partial charge in [0.15, 0.2) is 6.10 Å². The molecule has 1 aliphatic rings. The predicted octanol–water partition coefficient (Wildman–Crippen LogP) is 1.28. The molecule has 0 radical (unpaired) electrons. The number of amides is 1. The topological polar surface area (TPSA) is 93.7 Å². The first kappa shape index (κ1) is 17.5. The Balaban J connectivity index is 1.99. The third-order valence-electron chi connectivity index (χ3n) is 3.19. The molecule has 1 aliphatic heterocycles. The molecule has 0 saturated carbocycles. The van der Waals surface area contributed by atoms with Crippen molar-refractivity contribution in [1.29, 1.82) is 0 Å². The molecule has 2 N–H and O–H groups in total. The summed E-state index contributed by atoms with van der Waals surface area (Å²) in [7, 11) is -3.64. The molecular formula is C15H20N2O5S. The first-order chi connectivity index (χ1) is 10.9. The lowest BCUT2D eigenvalue weighted by atomic mass is 10.2. The van der Waals surface area contributed by atoms with E-state index >= 15 is 0 Å². The Morgan fingerprint density at radius 3 is 3.00 bits per heavy atom. The van der Waals surface area contributed by atoms with Gasteiger partial charge >= 0.3 is 0 Å². The second-order valence-electron chi connectivity index (χ2n) is 5.02. The van der Waals surface area contributed by atoms with Gasteiger partial charge in [-0.25, -0.2) is 13.1 Å². The van der Waals surface area contributed by atoms with Crippen LogP contribution >= 0.6 is 0 Å². The molecule has 2 rings (SSSR count). The number of carbonyl (C=O) groups is 1. The third-order valence-corrected chi connectivity index (χ3v) is 4.65. The van der Waals surface area contributed by atoms with E-state index in [-0.39, 0.29) is 17.3 Å². The molecule has 1 heterocycles. The molecule has 1 atom stereocenters. The van der Waals surface area contributed by atoms with Crippen LogP contribution in [0.1, 0.15) is 13.3 Å². The average molecular weight is 340 g/mol. The van der Waals surface area contributed by atoms with Crippen LogP contribution in [0.5, 0.6) is 5.75 Å². The number of fused-ring (bicyclic) bond motifs is 1. The molecule has 7 nitrogen and oxygen atoms in total. The second-order valence-corrected chi connectivity index (χ2v) is 6.79. The van der Waals surface area contributed by atoms with Crippen molar-refractivity contribution in [3.8, 4) is 5.75 Å². The number of anilines is 1. The Morgan fingerprint density at radius 2 is 2.26 bits per heavy atom. The van der Waals surface area contributed by atoms with Crippen LogP contribution in [0, 0.1) is 0 Å². The summed E-state index contributed by atoms with van der Waals surface area (Å²) in [5.41, 5.74) is 0.463. The second kappa shape index (κ2) is 7.58. The van der Waals surface area contributed by atoms with Gasteiger partial charge in [-0.3, -0.25) is 4.79 Å². The smallest absolute Gasteiger partial charge is 0.265 e. The fraction of sp³-hybridized carbons (Fsp3) is 0.400. The highest BCUT2D eigenvalue weighted by Crippen LogP contribution is 2.31. The zero-order valence-corrected chi connectivity index (χ0v) is 13.7. The van der Waals surface area contributed by atoms with Gasteiger partial charge in [0.05, 0.1) is 17.2 Å². The molecule has 0 aromatic heterocycles. The van der Waals surface area contributed by atoms with Gasteiger partial charge in [0.25, 0.3) is 5.91 Å². The van der Waals surface area contributed by atoms with E-state index < -0.39 is 16.1 Å². The van der Waals surface area contributed by atoms with E-state index in [9.17, 15) is 13.2 Å². The minimum Gasteiger partial charge on any atom is -0.479 e. The highest BCUT2D eigenvalue weighted by molar-refractivity contribution is 7.89. The minimum atomic E-state index is -3.64. The van der Waals surface area contributed by atoms with E-state index in [1.54, 1.807) is 13.0 Å². The van der Waals surface area contributed by atoms with Gasteiger partial charge in [0, 0.05) is 19.2 Å². The van der Waals surface area contributed by atoms with Crippen molar-refractivity contribution in [2.45, 2.75) is 24.3 Å². The van der Waals surface area contributed by atoms with E-state index in [0.29, 0.717) is 31.1 Å². The molecule has 0 saturated heterocycles. The van der Waals surface area contributed by atoms with E-state index in [1.807, 2.05) is 0 Å². The number of hydrogen-bond donors (Lipinski definition) is 2. The number of hydrogen-bond acceptors (Lipinski definition) is 5. The number of ether oxygens (including phenoxy) is 2. The standard InChI is InChI=1S/C15H20N2O5S/c1-3-8-21-9-4-7-16-23(19,20)12-5-6-13-14(10-12)22-11(2)15(18)17-13/h3,5-6,10-11,16H,1,4,7-9H2,2H3,(H,17,18)/t11-/m1/s1. The molecule has 1 amide bonds. The van der Waals surface area contributed by atoms with Gasteiger partial charge < -0.3 is 14.8 Å². The van der Waals surface area contributed by atoms with E-state index in [0.717, 1.165) is 0 Å². The lowest BCUT2D eigenvalue weighted by Gasteiger charge is -2.23. The molecular weight excluding hydrogens is 320 g/mol. The Hall–Kier alpha value is -1.90. The van der Waals surface area contributed by atoms with Crippen molar-refractivity contribution in [3.05, 3.63) is 30.9 Å². The largest absolute Gasteiger partial charge is 0.479 e. The van der Waals surface area contributed by atoms with Gasteiger partial charge in [0.2, 0.25) is 10.0 Å². The SMILES string of the molecule is C=CCOCCCNS(=O)(=O)c1ccc2c(c1)O[C@H](C)C(=O)N2. The van der Waals surface area contributed by atoms with E-state index in [1.165, 1.54) is 18.2 Å². The zero-order valence-electron chi connectivity index (χ0n) is 12.9. The van der Waals surface area contributed by atoms with Gasteiger partial charge in [-0.05, 0) is 25.5 Å². The molecule has 0 aliphatic carbocycles. The summed E-state index contributed by atoms with van der Waals surface area (Å²) in [5, 5.41) is 2.66. The lowest BCUT2D eigenvalue weighted by Crippen LogP contribution is -2.34. The summed E-state index contributed by atoms with van der Waals surface area (Å²) in [5.74, 6) is 0.0834. The van der Waals surface area contributed by atoms with Gasteiger partial charge in [-0.15, -0.1) is 6.58 Å². The molecule has 1 aromatic carbocycles. The fourth-order valence-electron chi connectivity index (χ4n) is 1.98. The van der Waals surface area contributed by atoms with Crippen LogP contribution < -0.4 is 14.8 Å². The summed E-state index contributed by atoms with van der Waals surface area (Å²) in [4.78, 5) is 11.6. The first-order valence-electron chi connectivity index (χ1n) is 7.24. The lowest BCUT2D eigenvalue weighted by molar-refractivity contribution is -0.122. The predicted molar refractivity (Wildman–Crippen MR) is 86.0 cm³/mol. The monoisotopic (exact) mass is 340 g/mol. The molecule has 0 spiro atoms. The maximum absolute atomic E-state index is 12.2. The minimum absolute atomic E-state index is 0.0895. The van der Waals surface area contributed by atoms with Crippen molar-refractivity contribution >= 4 is 21.6 Å². The molecule has 126 valence electrons. The molecule has 23 heavy (non-hydrogen) atoms. The van der Waals surface area contributed by atoms with Gasteiger partial charge in [0.1, 0.15) is 5.75 Å². The van der Waals surface area contributed by atoms with Crippen LogP contribution in [-0.4, -0.2) is 40.2 Å². The van der Waals surface area contributed by atoms with E-state index in [4.69, 9.17) is 9.47 Å². The highest BCUT2D eigenvalue weighted by Gasteiger charge is 2.25. The zero-order chi connectivity index (χ0) is 16.9. The Morgan fingerprint density at radius 1 is 1.48 bits per heavy atom. The van der Waals surface area contributed by atoms with Gasteiger partial charge in [-0.2, -0.15) is 0 Å². The van der Waals surface area contributed by atoms with Gasteiger partial charge in [-0.1, -0.05) is 6.08 Å². The summed E-state index contributed by atoms with van der Waals surface area (Å²) >= 11 is 0. The summed E-state index contributed by atoms with van der Waals surface area (Å²) in [6, 6.07) is 4.34. The summed E-state index contributed by atoms with van der Waals surface area (Å²) in [6.07, 6.45) is 1.54. The van der Waals surface area contributed by atoms with Crippen LogP contribution in [0.3, 0.4) is 0 Å². The third kappa shape index (κ3) is 4.54. The van der Waals surface area contributed by atoms with Crippen molar-refractivity contribution in [2.75, 3.05) is 25.1 Å². The Kier molecular flexibility index (Phi) is 5.75. The number of benzene rings is 1. The Bertz CT molecular complexity index is 687. The van der Waals surface area contributed by atoms with Crippen LogP contribution in [-0.2, 0) is 19.6 Å². The Labute approximate surface area is 135 Å². The van der Waals surface area contributed by atoms with Crippen LogP contribution in [0.2, 0.25) is 0 Å². The van der Waals surface area contributed by atoms with Crippen molar-refractivity contribution in [1.82, 2.24) is 4.72 Å². The molecule has 0 fully saturated rings. The van der Waals surface area contributed by atoms with Crippen molar-refractivity contribution < 1.29 is 22.7 Å². The average Bonchev–Trinajstić information content (AvgIpc) is 2.51. The first-order valence-corrected chi connectivity index (χ1v) is 8.72. The molecule has 0 unspecified atom stereocenters. The maximum atomic E-state index is 12.2. The van der Waals surface area contributed by atoms with Crippen LogP contribution in [0.25, 0.3) is 0 Å². The number of sulfonamides is 1. The molecule has 0 bridgehead atoms. The normalized spacial score (nSPS) is 17.1. The highest BCUT2D eigenvalue weighted by atomic mass is 32.2. The maximum Gasteiger partial charge on any atom is 0.265 e. The summed E-state index contributed by atoms with van der Waals surface area (Å²) < 4.78 is 37.6. The van der Waals surface area contributed by atoms with Crippen molar-refractivity contribution in [2.24, 2.45) is 0 Å². The fourth-order valence-corrected chi connectivity index (χ4v) is 3.07. The molecule has 8 heteroatoms. The summed E-state index contributed by atoms with van der Waals surface area (Å²) in [6.45, 7) is 6.29. The van der Waals surface area contributed by atoms with Crippen molar-refractivity contribution in [3.63, 3.8) is 0 Å². The van der Waals surface area contributed by atoms with E-state index in [2.05, 4.69) is 16.6 Å².